The first-order valence-corrected chi connectivity index (χ1v) is 8.14. The maximum atomic E-state index is 12.1. The molecule has 2 aromatic rings. The lowest BCUT2D eigenvalue weighted by Crippen LogP contribution is -2.32. The number of carbonyl (C=O) groups is 3. The van der Waals surface area contributed by atoms with Crippen LogP contribution in [0.4, 0.5) is 10.5 Å². The summed E-state index contributed by atoms with van der Waals surface area (Å²) < 4.78 is 1.54. The second-order valence-electron chi connectivity index (χ2n) is 6.04. The van der Waals surface area contributed by atoms with Crippen molar-refractivity contribution >= 4 is 23.5 Å². The molecule has 4 amide bonds. The Morgan fingerprint density at radius 2 is 2.08 bits per heavy atom. The average molecular weight is 357 g/mol. The molecule has 26 heavy (non-hydrogen) atoms. The van der Waals surface area contributed by atoms with Gasteiger partial charge in [0.05, 0.1) is 0 Å². The first kappa shape index (κ1) is 17.5. The molecule has 1 saturated heterocycles. The van der Waals surface area contributed by atoms with Crippen LogP contribution >= 0.6 is 0 Å². The Labute approximate surface area is 149 Å². The number of tetrazole rings is 1. The molecule has 0 radical (unpaired) electrons. The van der Waals surface area contributed by atoms with Gasteiger partial charge in [-0.3, -0.25) is 14.5 Å². The SMILES string of the molecule is CN1CC(=O)N(CCCC(=O)Nc2cccc(-c3nnnn3C)c2)C1=O. The maximum absolute atomic E-state index is 12.1. The predicted molar refractivity (Wildman–Crippen MR) is 91.8 cm³/mol. The van der Waals surface area contributed by atoms with Crippen molar-refractivity contribution in [3.05, 3.63) is 24.3 Å². The molecule has 1 aromatic carbocycles. The highest BCUT2D eigenvalue weighted by molar-refractivity contribution is 6.01. The van der Waals surface area contributed by atoms with Gasteiger partial charge in [-0.15, -0.1) is 5.10 Å². The van der Waals surface area contributed by atoms with Gasteiger partial charge in [-0.25, -0.2) is 9.48 Å². The maximum Gasteiger partial charge on any atom is 0.326 e. The number of aryl methyl sites for hydroxylation is 1. The van der Waals surface area contributed by atoms with Crippen LogP contribution in [-0.2, 0) is 16.6 Å². The molecule has 10 heteroatoms. The Hall–Kier alpha value is -3.30. The van der Waals surface area contributed by atoms with Crippen molar-refractivity contribution in [3.8, 4) is 11.4 Å². The number of benzene rings is 1. The van der Waals surface area contributed by atoms with E-state index in [9.17, 15) is 14.4 Å². The number of amides is 4. The summed E-state index contributed by atoms with van der Waals surface area (Å²) in [5, 5.41) is 14.1. The lowest BCUT2D eigenvalue weighted by atomic mass is 10.2. The van der Waals surface area contributed by atoms with Gasteiger partial charge < -0.3 is 10.2 Å². The number of urea groups is 1. The summed E-state index contributed by atoms with van der Waals surface area (Å²) in [4.78, 5) is 38.1. The zero-order valence-corrected chi connectivity index (χ0v) is 14.5. The van der Waals surface area contributed by atoms with E-state index in [1.54, 1.807) is 37.0 Å². The molecule has 0 spiro atoms. The van der Waals surface area contributed by atoms with Crippen molar-refractivity contribution in [2.24, 2.45) is 7.05 Å². The number of rotatable bonds is 6. The van der Waals surface area contributed by atoms with E-state index in [1.165, 1.54) is 9.80 Å². The van der Waals surface area contributed by atoms with Crippen LogP contribution in [0.2, 0.25) is 0 Å². The van der Waals surface area contributed by atoms with E-state index in [1.807, 2.05) is 6.07 Å². The fourth-order valence-electron chi connectivity index (χ4n) is 2.72. The van der Waals surface area contributed by atoms with E-state index in [-0.39, 0.29) is 37.4 Å². The minimum absolute atomic E-state index is 0.0920. The monoisotopic (exact) mass is 357 g/mol. The van der Waals surface area contributed by atoms with Crippen LogP contribution in [0.25, 0.3) is 11.4 Å². The number of aromatic nitrogens is 4. The Bertz CT molecular complexity index is 848. The molecule has 2 heterocycles. The summed E-state index contributed by atoms with van der Waals surface area (Å²) in [6, 6.07) is 6.89. The molecule has 136 valence electrons. The first-order chi connectivity index (χ1) is 12.5. The number of carbonyl (C=O) groups excluding carboxylic acids is 3. The molecule has 0 unspecified atom stereocenters. The molecular weight excluding hydrogens is 338 g/mol. The van der Waals surface area contributed by atoms with Gasteiger partial charge in [0.1, 0.15) is 6.54 Å². The summed E-state index contributed by atoms with van der Waals surface area (Å²) in [6.07, 6.45) is 0.612. The fourth-order valence-corrected chi connectivity index (χ4v) is 2.72. The van der Waals surface area contributed by atoms with Crippen LogP contribution in [0.5, 0.6) is 0 Å². The summed E-state index contributed by atoms with van der Waals surface area (Å²) in [7, 11) is 3.31. The summed E-state index contributed by atoms with van der Waals surface area (Å²) >= 11 is 0. The molecule has 1 aromatic heterocycles. The van der Waals surface area contributed by atoms with E-state index in [0.29, 0.717) is 17.9 Å². The van der Waals surface area contributed by atoms with Crippen LogP contribution in [0, 0.1) is 0 Å². The van der Waals surface area contributed by atoms with Gasteiger partial charge in [0, 0.05) is 38.3 Å². The fraction of sp³-hybridized carbons (Fsp3) is 0.375. The van der Waals surface area contributed by atoms with E-state index in [2.05, 4.69) is 20.8 Å². The Balaban J connectivity index is 1.53. The average Bonchev–Trinajstić information content (AvgIpc) is 3.13. The second-order valence-corrected chi connectivity index (χ2v) is 6.04. The van der Waals surface area contributed by atoms with Gasteiger partial charge in [-0.2, -0.15) is 0 Å². The smallest absolute Gasteiger partial charge is 0.326 e. The van der Waals surface area contributed by atoms with Gasteiger partial charge in [-0.1, -0.05) is 12.1 Å². The van der Waals surface area contributed by atoms with Gasteiger partial charge in [0.25, 0.3) is 0 Å². The van der Waals surface area contributed by atoms with Gasteiger partial charge >= 0.3 is 6.03 Å². The number of hydrogen-bond acceptors (Lipinski definition) is 6. The van der Waals surface area contributed by atoms with Crippen molar-refractivity contribution < 1.29 is 14.4 Å². The molecule has 10 nitrogen and oxygen atoms in total. The lowest BCUT2D eigenvalue weighted by molar-refractivity contribution is -0.125. The number of imide groups is 1. The molecule has 3 rings (SSSR count). The van der Waals surface area contributed by atoms with Crippen molar-refractivity contribution in [1.82, 2.24) is 30.0 Å². The van der Waals surface area contributed by atoms with E-state index in [4.69, 9.17) is 0 Å². The number of nitrogens with one attached hydrogen (secondary N) is 1. The molecule has 0 saturated carbocycles. The standard InChI is InChI=1S/C16H19N7O3/c1-21-10-14(25)23(16(21)26)8-4-7-13(24)17-12-6-3-5-11(9-12)15-18-19-20-22(15)2/h3,5-6,9H,4,7-8,10H2,1-2H3,(H,17,24). The molecule has 1 N–H and O–H groups in total. The minimum atomic E-state index is -0.319. The highest BCUT2D eigenvalue weighted by Gasteiger charge is 2.32. The van der Waals surface area contributed by atoms with Crippen LogP contribution in [0.1, 0.15) is 12.8 Å². The Morgan fingerprint density at radius 3 is 2.73 bits per heavy atom. The van der Waals surface area contributed by atoms with Gasteiger partial charge in [0.2, 0.25) is 11.8 Å². The van der Waals surface area contributed by atoms with Crippen molar-refractivity contribution in [1.29, 1.82) is 0 Å². The second kappa shape index (κ2) is 7.30. The van der Waals surface area contributed by atoms with Crippen LogP contribution < -0.4 is 5.32 Å². The van der Waals surface area contributed by atoms with E-state index < -0.39 is 0 Å². The topological polar surface area (TPSA) is 113 Å². The highest BCUT2D eigenvalue weighted by Crippen LogP contribution is 2.19. The zero-order valence-electron chi connectivity index (χ0n) is 14.5. The summed E-state index contributed by atoms with van der Waals surface area (Å²) in [5.41, 5.74) is 1.41. The number of anilines is 1. The van der Waals surface area contributed by atoms with Gasteiger partial charge in [-0.05, 0) is 29.0 Å². The highest BCUT2D eigenvalue weighted by atomic mass is 16.2. The quantitative estimate of drug-likeness (QED) is 0.753. The molecule has 1 aliphatic heterocycles. The first-order valence-electron chi connectivity index (χ1n) is 8.14. The summed E-state index contributed by atoms with van der Waals surface area (Å²) in [6.45, 7) is 0.328. The largest absolute Gasteiger partial charge is 0.326 e. The van der Waals surface area contributed by atoms with Crippen molar-refractivity contribution in [3.63, 3.8) is 0 Å². The van der Waals surface area contributed by atoms with Crippen molar-refractivity contribution in [2.75, 3.05) is 25.5 Å². The number of nitrogens with zero attached hydrogens (tertiary/aromatic N) is 6. The normalized spacial score (nSPS) is 14.2. The molecular formula is C16H19N7O3. The third-order valence-corrected chi connectivity index (χ3v) is 4.04. The van der Waals surface area contributed by atoms with Crippen LogP contribution in [-0.4, -0.2) is 68.0 Å². The third-order valence-electron chi connectivity index (χ3n) is 4.04. The molecule has 0 aliphatic carbocycles. The minimum Gasteiger partial charge on any atom is -0.326 e. The molecule has 0 bridgehead atoms. The number of hydrogen-bond donors (Lipinski definition) is 1. The van der Waals surface area contributed by atoms with Crippen LogP contribution in [0.15, 0.2) is 24.3 Å². The van der Waals surface area contributed by atoms with E-state index >= 15 is 0 Å². The lowest BCUT2D eigenvalue weighted by Gasteiger charge is -2.13. The van der Waals surface area contributed by atoms with E-state index in [0.717, 1.165) is 5.56 Å². The third kappa shape index (κ3) is 3.68. The number of likely N-dealkylation sites (N-methyl/N-ethyl adjacent to an activating group) is 1. The molecule has 1 aliphatic rings. The van der Waals surface area contributed by atoms with Crippen LogP contribution in [0.3, 0.4) is 0 Å². The predicted octanol–water partition coefficient (Wildman–Crippen LogP) is 0.490. The van der Waals surface area contributed by atoms with Gasteiger partial charge in [0.15, 0.2) is 5.82 Å². The zero-order chi connectivity index (χ0) is 18.7. The molecule has 1 fully saturated rings. The Kier molecular flexibility index (Phi) is 4.92. The Morgan fingerprint density at radius 1 is 1.27 bits per heavy atom. The molecule has 0 atom stereocenters. The summed E-state index contributed by atoms with van der Waals surface area (Å²) in [5.74, 6) is 0.171. The van der Waals surface area contributed by atoms with Crippen molar-refractivity contribution in [2.45, 2.75) is 12.8 Å².